The molecule has 0 bridgehead atoms. The molecule has 1 aromatic carbocycles. The van der Waals surface area contributed by atoms with Gasteiger partial charge in [0, 0.05) is 6.61 Å². The SMILES string of the molecule is Cc1cccc(C)c1N(C(=O)CCl)C1CCCO1. The van der Waals surface area contributed by atoms with Crippen LogP contribution in [0.1, 0.15) is 24.0 Å². The van der Waals surface area contributed by atoms with Gasteiger partial charge in [-0.25, -0.2) is 0 Å². The molecule has 1 fully saturated rings. The minimum atomic E-state index is -0.170. The quantitative estimate of drug-likeness (QED) is 0.788. The molecule has 4 heteroatoms. The number of nitrogens with zero attached hydrogens (tertiary/aromatic N) is 1. The van der Waals surface area contributed by atoms with Crippen molar-refractivity contribution in [3.63, 3.8) is 0 Å². The highest BCUT2D eigenvalue weighted by atomic mass is 35.5. The zero-order valence-corrected chi connectivity index (χ0v) is 11.5. The molecule has 1 aliphatic rings. The molecule has 1 heterocycles. The van der Waals surface area contributed by atoms with Crippen molar-refractivity contribution in [2.24, 2.45) is 0 Å². The Kier molecular flexibility index (Phi) is 4.25. The molecule has 3 nitrogen and oxygen atoms in total. The van der Waals surface area contributed by atoms with E-state index in [2.05, 4.69) is 0 Å². The first-order valence-electron chi connectivity index (χ1n) is 6.21. The van der Waals surface area contributed by atoms with E-state index in [1.807, 2.05) is 32.0 Å². The molecule has 98 valence electrons. The number of carbonyl (C=O) groups excluding carboxylic acids is 1. The van der Waals surface area contributed by atoms with E-state index in [-0.39, 0.29) is 18.0 Å². The summed E-state index contributed by atoms with van der Waals surface area (Å²) >= 11 is 5.73. The number of hydrogen-bond acceptors (Lipinski definition) is 2. The van der Waals surface area contributed by atoms with Gasteiger partial charge >= 0.3 is 0 Å². The standard InChI is InChI=1S/C14H18ClNO2/c1-10-5-3-6-11(2)14(10)16(12(17)9-15)13-7-4-8-18-13/h3,5-6,13H,4,7-9H2,1-2H3. The fourth-order valence-corrected chi connectivity index (χ4v) is 2.57. The predicted molar refractivity (Wildman–Crippen MR) is 73.1 cm³/mol. The van der Waals surface area contributed by atoms with E-state index in [9.17, 15) is 4.79 Å². The molecule has 0 radical (unpaired) electrons. The van der Waals surface area contributed by atoms with Crippen LogP contribution in [-0.2, 0) is 9.53 Å². The van der Waals surface area contributed by atoms with Gasteiger partial charge in [0.25, 0.3) is 0 Å². The van der Waals surface area contributed by atoms with E-state index in [1.54, 1.807) is 4.90 Å². The first-order chi connectivity index (χ1) is 8.65. The van der Waals surface area contributed by atoms with Crippen LogP contribution >= 0.6 is 11.6 Å². The monoisotopic (exact) mass is 267 g/mol. The summed E-state index contributed by atoms with van der Waals surface area (Å²) in [5, 5.41) is 0. The minimum absolute atomic E-state index is 0.0202. The Morgan fingerprint density at radius 3 is 2.61 bits per heavy atom. The molecule has 0 saturated carbocycles. The van der Waals surface area contributed by atoms with Crippen LogP contribution in [0.3, 0.4) is 0 Å². The molecule has 0 N–H and O–H groups in total. The summed E-state index contributed by atoms with van der Waals surface area (Å²) in [5.74, 6) is -0.117. The lowest BCUT2D eigenvalue weighted by Crippen LogP contribution is -2.41. The zero-order chi connectivity index (χ0) is 13.1. The second-order valence-electron chi connectivity index (χ2n) is 4.61. The van der Waals surface area contributed by atoms with Crippen LogP contribution in [0.15, 0.2) is 18.2 Å². The molecule has 0 spiro atoms. The van der Waals surface area contributed by atoms with Gasteiger partial charge in [-0.15, -0.1) is 11.6 Å². The number of carbonyl (C=O) groups is 1. The van der Waals surface area contributed by atoms with Gasteiger partial charge in [0.15, 0.2) is 0 Å². The van der Waals surface area contributed by atoms with Crippen molar-refractivity contribution in [2.75, 3.05) is 17.4 Å². The van der Waals surface area contributed by atoms with Crippen molar-refractivity contribution < 1.29 is 9.53 Å². The van der Waals surface area contributed by atoms with Gasteiger partial charge < -0.3 is 4.74 Å². The summed E-state index contributed by atoms with van der Waals surface area (Å²) in [7, 11) is 0. The Hall–Kier alpha value is -1.06. The summed E-state index contributed by atoms with van der Waals surface area (Å²) in [5.41, 5.74) is 3.09. The summed E-state index contributed by atoms with van der Waals surface area (Å²) in [6.07, 6.45) is 1.69. The van der Waals surface area contributed by atoms with Gasteiger partial charge in [-0.1, -0.05) is 18.2 Å². The number of rotatable bonds is 3. The summed E-state index contributed by atoms with van der Waals surface area (Å²) in [6, 6.07) is 6.00. The number of para-hydroxylation sites is 1. The highest BCUT2D eigenvalue weighted by Crippen LogP contribution is 2.30. The summed E-state index contributed by atoms with van der Waals surface area (Å²) in [6.45, 7) is 4.72. The van der Waals surface area contributed by atoms with Gasteiger partial charge in [0.1, 0.15) is 12.1 Å². The molecule has 18 heavy (non-hydrogen) atoms. The lowest BCUT2D eigenvalue weighted by Gasteiger charge is -2.30. The Bertz CT molecular complexity index is 421. The van der Waals surface area contributed by atoms with Gasteiger partial charge in [-0.2, -0.15) is 0 Å². The maximum atomic E-state index is 12.1. The Balaban J connectivity index is 2.42. The van der Waals surface area contributed by atoms with Crippen molar-refractivity contribution >= 4 is 23.2 Å². The fourth-order valence-electron chi connectivity index (χ4n) is 2.44. The van der Waals surface area contributed by atoms with E-state index in [1.165, 1.54) is 0 Å². The normalized spacial score (nSPS) is 18.9. The zero-order valence-electron chi connectivity index (χ0n) is 10.8. The van der Waals surface area contributed by atoms with Crippen LogP contribution in [0.25, 0.3) is 0 Å². The molecule has 1 saturated heterocycles. The van der Waals surface area contributed by atoms with E-state index >= 15 is 0 Å². The van der Waals surface area contributed by atoms with Gasteiger partial charge in [-0.3, -0.25) is 9.69 Å². The molecule has 1 atom stereocenters. The second kappa shape index (κ2) is 5.72. The lowest BCUT2D eigenvalue weighted by atomic mass is 10.1. The molecule has 1 aliphatic heterocycles. The van der Waals surface area contributed by atoms with Crippen molar-refractivity contribution in [3.8, 4) is 0 Å². The molecule has 1 unspecified atom stereocenters. The molecule has 1 aromatic rings. The second-order valence-corrected chi connectivity index (χ2v) is 4.87. The number of benzene rings is 1. The van der Waals surface area contributed by atoms with Gasteiger partial charge in [-0.05, 0) is 37.8 Å². The number of halogens is 1. The lowest BCUT2D eigenvalue weighted by molar-refractivity contribution is -0.118. The van der Waals surface area contributed by atoms with E-state index < -0.39 is 0 Å². The third-order valence-electron chi connectivity index (χ3n) is 3.26. The molecule has 0 aliphatic carbocycles. The highest BCUT2D eigenvalue weighted by Gasteiger charge is 2.30. The topological polar surface area (TPSA) is 29.5 Å². The molecular formula is C14H18ClNO2. The molecular weight excluding hydrogens is 250 g/mol. The first-order valence-corrected chi connectivity index (χ1v) is 6.74. The maximum absolute atomic E-state index is 12.1. The third-order valence-corrected chi connectivity index (χ3v) is 3.49. The number of anilines is 1. The van der Waals surface area contributed by atoms with E-state index in [4.69, 9.17) is 16.3 Å². The Morgan fingerprint density at radius 2 is 2.11 bits per heavy atom. The Labute approximate surface area is 113 Å². The maximum Gasteiger partial charge on any atom is 0.244 e. The first kappa shape index (κ1) is 13.4. The summed E-state index contributed by atoms with van der Waals surface area (Å²) < 4.78 is 5.65. The molecule has 0 aromatic heterocycles. The number of hydrogen-bond donors (Lipinski definition) is 0. The number of aryl methyl sites for hydroxylation is 2. The minimum Gasteiger partial charge on any atom is -0.358 e. The van der Waals surface area contributed by atoms with Gasteiger partial charge in [0.2, 0.25) is 5.91 Å². The smallest absolute Gasteiger partial charge is 0.244 e. The Morgan fingerprint density at radius 1 is 1.44 bits per heavy atom. The third kappa shape index (κ3) is 2.52. The number of ether oxygens (including phenoxy) is 1. The fraction of sp³-hybridized carbons (Fsp3) is 0.500. The largest absolute Gasteiger partial charge is 0.358 e. The van der Waals surface area contributed by atoms with Gasteiger partial charge in [0.05, 0.1) is 5.69 Å². The van der Waals surface area contributed by atoms with Crippen LogP contribution in [0.2, 0.25) is 0 Å². The molecule has 1 amide bonds. The van der Waals surface area contributed by atoms with Crippen LogP contribution in [0, 0.1) is 13.8 Å². The van der Waals surface area contributed by atoms with E-state index in [0.29, 0.717) is 6.61 Å². The highest BCUT2D eigenvalue weighted by molar-refractivity contribution is 6.29. The average Bonchev–Trinajstić information content (AvgIpc) is 2.86. The summed E-state index contributed by atoms with van der Waals surface area (Å²) in [4.78, 5) is 13.8. The van der Waals surface area contributed by atoms with Crippen LogP contribution in [0.4, 0.5) is 5.69 Å². The van der Waals surface area contributed by atoms with Crippen molar-refractivity contribution in [3.05, 3.63) is 29.3 Å². The van der Waals surface area contributed by atoms with Crippen molar-refractivity contribution in [1.82, 2.24) is 0 Å². The van der Waals surface area contributed by atoms with Crippen molar-refractivity contribution in [2.45, 2.75) is 32.9 Å². The van der Waals surface area contributed by atoms with E-state index in [0.717, 1.165) is 29.7 Å². The van der Waals surface area contributed by atoms with Crippen molar-refractivity contribution in [1.29, 1.82) is 0 Å². The predicted octanol–water partition coefficient (Wildman–Crippen LogP) is 3.01. The van der Waals surface area contributed by atoms with Crippen LogP contribution in [0.5, 0.6) is 0 Å². The van der Waals surface area contributed by atoms with Crippen LogP contribution in [-0.4, -0.2) is 24.6 Å². The number of amides is 1. The molecule has 2 rings (SSSR count). The van der Waals surface area contributed by atoms with Crippen LogP contribution < -0.4 is 4.90 Å². The average molecular weight is 268 g/mol. The number of alkyl halides is 1.